The molecule has 1 atom stereocenters. The van der Waals surface area contributed by atoms with Gasteiger partial charge in [-0.2, -0.15) is 11.8 Å². The van der Waals surface area contributed by atoms with Gasteiger partial charge in [-0.15, -0.1) is 0 Å². The van der Waals surface area contributed by atoms with E-state index in [2.05, 4.69) is 0 Å². The molecule has 0 aromatic heterocycles. The first-order valence-corrected chi connectivity index (χ1v) is 6.57. The Labute approximate surface area is 95.7 Å². The van der Waals surface area contributed by atoms with E-state index in [1.807, 2.05) is 37.4 Å². The van der Waals surface area contributed by atoms with Gasteiger partial charge in [-0.3, -0.25) is 0 Å². The average molecular weight is 226 g/mol. The highest BCUT2D eigenvalue weighted by Gasteiger charge is 2.07. The summed E-state index contributed by atoms with van der Waals surface area (Å²) in [6.45, 7) is 2.61. The Hall–Kier alpha value is -0.670. The van der Waals surface area contributed by atoms with Gasteiger partial charge in [-0.25, -0.2) is 0 Å². The molecular formula is C12H18O2S. The van der Waals surface area contributed by atoms with Gasteiger partial charge in [0.2, 0.25) is 0 Å². The van der Waals surface area contributed by atoms with E-state index in [-0.39, 0.29) is 6.10 Å². The predicted molar refractivity (Wildman–Crippen MR) is 65.6 cm³/mol. The van der Waals surface area contributed by atoms with Gasteiger partial charge in [-0.05, 0) is 43.0 Å². The maximum Gasteiger partial charge on any atom is 0.119 e. The molecule has 1 aromatic rings. The summed E-state index contributed by atoms with van der Waals surface area (Å²) in [7, 11) is 0. The van der Waals surface area contributed by atoms with Crippen LogP contribution in [0.1, 0.15) is 25.0 Å². The van der Waals surface area contributed by atoms with E-state index in [0.717, 1.165) is 23.5 Å². The minimum absolute atomic E-state index is 0.377. The summed E-state index contributed by atoms with van der Waals surface area (Å²) in [6.07, 6.45) is 2.46. The minimum atomic E-state index is -0.377. The topological polar surface area (TPSA) is 29.5 Å². The van der Waals surface area contributed by atoms with E-state index >= 15 is 0 Å². The van der Waals surface area contributed by atoms with E-state index in [1.54, 1.807) is 11.8 Å². The number of hydrogen-bond donors (Lipinski definition) is 1. The van der Waals surface area contributed by atoms with E-state index in [0.29, 0.717) is 6.61 Å². The second kappa shape index (κ2) is 6.75. The van der Waals surface area contributed by atoms with Gasteiger partial charge >= 0.3 is 0 Å². The monoisotopic (exact) mass is 226 g/mol. The van der Waals surface area contributed by atoms with Gasteiger partial charge in [0.25, 0.3) is 0 Å². The van der Waals surface area contributed by atoms with Crippen LogP contribution in [-0.4, -0.2) is 23.7 Å². The standard InChI is InChI=1S/C12H18O2S/c1-3-14-11-6-4-5-10(9-11)12(13)7-8-15-2/h4-6,9,12-13H,3,7-8H2,1-2H3. The quantitative estimate of drug-likeness (QED) is 0.808. The molecule has 0 radical (unpaired) electrons. The molecule has 0 aliphatic rings. The lowest BCUT2D eigenvalue weighted by atomic mass is 10.1. The maximum absolute atomic E-state index is 9.88. The zero-order valence-electron chi connectivity index (χ0n) is 9.27. The molecule has 0 saturated carbocycles. The van der Waals surface area contributed by atoms with Gasteiger partial charge in [0.15, 0.2) is 0 Å². The summed E-state index contributed by atoms with van der Waals surface area (Å²) in [4.78, 5) is 0. The van der Waals surface area contributed by atoms with E-state index in [4.69, 9.17) is 4.74 Å². The number of hydrogen-bond acceptors (Lipinski definition) is 3. The Morgan fingerprint density at radius 3 is 2.93 bits per heavy atom. The lowest BCUT2D eigenvalue weighted by Crippen LogP contribution is -2.00. The zero-order valence-corrected chi connectivity index (χ0v) is 10.1. The largest absolute Gasteiger partial charge is 0.494 e. The summed E-state index contributed by atoms with van der Waals surface area (Å²) in [5.74, 6) is 1.80. The van der Waals surface area contributed by atoms with Crippen molar-refractivity contribution in [3.8, 4) is 5.75 Å². The molecule has 0 aliphatic carbocycles. The predicted octanol–water partition coefficient (Wildman–Crippen LogP) is 2.87. The number of rotatable bonds is 6. The van der Waals surface area contributed by atoms with Gasteiger partial charge in [0, 0.05) is 0 Å². The third-order valence-electron chi connectivity index (χ3n) is 2.15. The van der Waals surface area contributed by atoms with Crippen LogP contribution in [0.2, 0.25) is 0 Å². The Morgan fingerprint density at radius 2 is 2.27 bits per heavy atom. The maximum atomic E-state index is 9.88. The highest BCUT2D eigenvalue weighted by molar-refractivity contribution is 7.98. The molecule has 3 heteroatoms. The molecule has 84 valence electrons. The molecule has 1 N–H and O–H groups in total. The molecule has 0 aliphatic heterocycles. The van der Waals surface area contributed by atoms with Crippen molar-refractivity contribution < 1.29 is 9.84 Å². The van der Waals surface area contributed by atoms with E-state index in [9.17, 15) is 5.11 Å². The van der Waals surface area contributed by atoms with Gasteiger partial charge in [0.05, 0.1) is 12.7 Å². The summed E-state index contributed by atoms with van der Waals surface area (Å²) >= 11 is 1.75. The van der Waals surface area contributed by atoms with Crippen LogP contribution >= 0.6 is 11.8 Å². The molecule has 0 heterocycles. The molecular weight excluding hydrogens is 208 g/mol. The molecule has 0 amide bonds. The molecule has 15 heavy (non-hydrogen) atoms. The van der Waals surface area contributed by atoms with Crippen molar-refractivity contribution in [3.05, 3.63) is 29.8 Å². The molecule has 0 saturated heterocycles. The van der Waals surface area contributed by atoms with Gasteiger partial charge in [-0.1, -0.05) is 12.1 Å². The van der Waals surface area contributed by atoms with Crippen LogP contribution in [0.4, 0.5) is 0 Å². The third kappa shape index (κ3) is 4.14. The van der Waals surface area contributed by atoms with E-state index < -0.39 is 0 Å². The summed E-state index contributed by atoms with van der Waals surface area (Å²) in [5, 5.41) is 9.88. The van der Waals surface area contributed by atoms with Crippen molar-refractivity contribution in [2.75, 3.05) is 18.6 Å². The lowest BCUT2D eigenvalue weighted by Gasteiger charge is -2.11. The summed E-state index contributed by atoms with van der Waals surface area (Å²) < 4.78 is 5.38. The SMILES string of the molecule is CCOc1cccc(C(O)CCSC)c1. The van der Waals surface area contributed by atoms with Gasteiger partial charge < -0.3 is 9.84 Å². The Bertz CT molecular complexity index is 289. The zero-order chi connectivity index (χ0) is 11.1. The fourth-order valence-electron chi connectivity index (χ4n) is 1.37. The summed E-state index contributed by atoms with van der Waals surface area (Å²) in [5.41, 5.74) is 0.940. The van der Waals surface area contributed by atoms with Crippen LogP contribution in [0.15, 0.2) is 24.3 Å². The van der Waals surface area contributed by atoms with Crippen LogP contribution in [0, 0.1) is 0 Å². The smallest absolute Gasteiger partial charge is 0.119 e. The van der Waals surface area contributed by atoms with Crippen LogP contribution in [0.5, 0.6) is 5.75 Å². The summed E-state index contributed by atoms with van der Waals surface area (Å²) in [6, 6.07) is 7.68. The molecule has 0 fully saturated rings. The normalized spacial score (nSPS) is 12.5. The van der Waals surface area contributed by atoms with Crippen LogP contribution < -0.4 is 4.74 Å². The minimum Gasteiger partial charge on any atom is -0.494 e. The molecule has 1 aromatic carbocycles. The fourth-order valence-corrected chi connectivity index (χ4v) is 1.83. The van der Waals surface area contributed by atoms with E-state index in [1.165, 1.54) is 0 Å². The number of aliphatic hydroxyl groups excluding tert-OH is 1. The van der Waals surface area contributed by atoms with Crippen molar-refractivity contribution >= 4 is 11.8 Å². The molecule has 1 rings (SSSR count). The Kier molecular flexibility index (Phi) is 5.58. The number of benzene rings is 1. The number of aliphatic hydroxyl groups is 1. The molecule has 2 nitrogen and oxygen atoms in total. The first kappa shape index (κ1) is 12.4. The highest BCUT2D eigenvalue weighted by Crippen LogP contribution is 2.22. The fraction of sp³-hybridized carbons (Fsp3) is 0.500. The molecule has 0 bridgehead atoms. The van der Waals surface area contributed by atoms with Crippen molar-refractivity contribution in [2.24, 2.45) is 0 Å². The van der Waals surface area contributed by atoms with Crippen LogP contribution in [0.25, 0.3) is 0 Å². The first-order chi connectivity index (χ1) is 7.27. The lowest BCUT2D eigenvalue weighted by molar-refractivity contribution is 0.174. The Balaban J connectivity index is 2.62. The van der Waals surface area contributed by atoms with Crippen LogP contribution in [-0.2, 0) is 0 Å². The Morgan fingerprint density at radius 1 is 1.47 bits per heavy atom. The molecule has 1 unspecified atom stereocenters. The van der Waals surface area contributed by atoms with Gasteiger partial charge in [0.1, 0.15) is 5.75 Å². The van der Waals surface area contributed by atoms with Crippen molar-refractivity contribution in [1.29, 1.82) is 0 Å². The number of thioether (sulfide) groups is 1. The average Bonchev–Trinajstić information content (AvgIpc) is 2.27. The van der Waals surface area contributed by atoms with Crippen molar-refractivity contribution in [3.63, 3.8) is 0 Å². The highest BCUT2D eigenvalue weighted by atomic mass is 32.2. The molecule has 0 spiro atoms. The first-order valence-electron chi connectivity index (χ1n) is 5.17. The third-order valence-corrected chi connectivity index (χ3v) is 2.79. The van der Waals surface area contributed by atoms with Crippen molar-refractivity contribution in [2.45, 2.75) is 19.4 Å². The second-order valence-corrected chi connectivity index (χ2v) is 4.29. The second-order valence-electron chi connectivity index (χ2n) is 3.30. The van der Waals surface area contributed by atoms with Crippen LogP contribution in [0.3, 0.4) is 0 Å². The number of ether oxygens (including phenoxy) is 1. The van der Waals surface area contributed by atoms with Crippen molar-refractivity contribution in [1.82, 2.24) is 0 Å².